The summed E-state index contributed by atoms with van der Waals surface area (Å²) in [7, 11) is 0. The summed E-state index contributed by atoms with van der Waals surface area (Å²) < 4.78 is 5.73. The zero-order chi connectivity index (χ0) is 19.3. The molecule has 0 spiro atoms. The highest BCUT2D eigenvalue weighted by Gasteiger charge is 2.24. The fraction of sp³-hybridized carbons (Fsp3) is 0.381. The number of hydrogen-bond donors (Lipinski definition) is 1. The molecule has 0 atom stereocenters. The van der Waals surface area contributed by atoms with Gasteiger partial charge in [0.2, 0.25) is 17.7 Å². The molecule has 28 heavy (non-hydrogen) atoms. The Morgan fingerprint density at radius 1 is 1.18 bits per heavy atom. The van der Waals surface area contributed by atoms with Crippen molar-refractivity contribution in [2.24, 2.45) is 0 Å². The number of hydrogen-bond acceptors (Lipinski definition) is 5. The van der Waals surface area contributed by atoms with Crippen LogP contribution in [0.15, 0.2) is 45.5 Å². The van der Waals surface area contributed by atoms with Gasteiger partial charge in [0.05, 0.1) is 26.2 Å². The number of piperazine rings is 1. The van der Waals surface area contributed by atoms with Gasteiger partial charge in [-0.3, -0.25) is 4.79 Å². The number of nitrogens with zero attached hydrogens (tertiary/aromatic N) is 3. The van der Waals surface area contributed by atoms with Crippen LogP contribution >= 0.6 is 11.3 Å². The first kappa shape index (κ1) is 18.8. The topological polar surface area (TPSA) is 63.7 Å². The number of carbonyl (C=O) groups is 1. The van der Waals surface area contributed by atoms with Crippen LogP contribution in [0.1, 0.15) is 23.4 Å². The lowest BCUT2D eigenvalue weighted by Gasteiger charge is -2.32. The average molecular weight is 398 g/mol. The van der Waals surface area contributed by atoms with Crippen molar-refractivity contribution in [1.29, 1.82) is 0 Å². The number of rotatable bonds is 6. The normalized spacial score (nSPS) is 15.1. The van der Waals surface area contributed by atoms with Crippen LogP contribution in [0.4, 0.5) is 0 Å². The summed E-state index contributed by atoms with van der Waals surface area (Å²) >= 11 is 1.74. The average Bonchev–Trinajstić information content (AvgIpc) is 3.39. The Morgan fingerprint density at radius 3 is 2.68 bits per heavy atom. The minimum Gasteiger partial charge on any atom is -0.421 e. The Hall–Kier alpha value is -2.51. The van der Waals surface area contributed by atoms with Gasteiger partial charge in [0.15, 0.2) is 0 Å². The molecule has 1 N–H and O–H groups in total. The molecule has 6 nitrogen and oxygen atoms in total. The summed E-state index contributed by atoms with van der Waals surface area (Å²) in [5.74, 6) is 1.20. The maximum atomic E-state index is 12.5. The number of nitrogens with one attached hydrogen (secondary N) is 1. The maximum absolute atomic E-state index is 12.5. The highest BCUT2D eigenvalue weighted by Crippen LogP contribution is 2.18. The standard InChI is InChI=1S/C21H24N4O2S/c1-16-2-4-18(5-3-16)21-23-22-19(27-21)6-7-20(26)25-11-9-24(10-12-25)14-17-8-13-28-15-17/h2-5,8,13,15H,6-7,9-12,14H2,1H3/p+1. The van der Waals surface area contributed by atoms with E-state index in [1.54, 1.807) is 16.2 Å². The van der Waals surface area contributed by atoms with Gasteiger partial charge in [-0.2, -0.15) is 11.3 Å². The molecule has 1 aliphatic heterocycles. The van der Waals surface area contributed by atoms with E-state index in [0.29, 0.717) is 24.6 Å². The van der Waals surface area contributed by atoms with E-state index in [0.717, 1.165) is 38.3 Å². The third kappa shape index (κ3) is 4.66. The van der Waals surface area contributed by atoms with Crippen molar-refractivity contribution in [2.75, 3.05) is 26.2 Å². The molecule has 1 saturated heterocycles. The van der Waals surface area contributed by atoms with Crippen molar-refractivity contribution in [2.45, 2.75) is 26.3 Å². The van der Waals surface area contributed by atoms with Crippen LogP contribution in [0.3, 0.4) is 0 Å². The van der Waals surface area contributed by atoms with E-state index in [1.165, 1.54) is 11.1 Å². The first-order chi connectivity index (χ1) is 13.7. The Bertz CT molecular complexity index is 897. The van der Waals surface area contributed by atoms with Gasteiger partial charge in [-0.1, -0.05) is 17.7 Å². The number of aryl methyl sites for hydroxylation is 2. The van der Waals surface area contributed by atoms with E-state index < -0.39 is 0 Å². The van der Waals surface area contributed by atoms with Crippen LogP contribution in [0.2, 0.25) is 0 Å². The van der Waals surface area contributed by atoms with Gasteiger partial charge in [-0.15, -0.1) is 10.2 Å². The number of thiophene rings is 1. The quantitative estimate of drug-likeness (QED) is 0.691. The summed E-state index contributed by atoms with van der Waals surface area (Å²) in [6.07, 6.45) is 0.898. The van der Waals surface area contributed by atoms with E-state index in [2.05, 4.69) is 27.0 Å². The monoisotopic (exact) mass is 397 g/mol. The van der Waals surface area contributed by atoms with Gasteiger partial charge in [-0.05, 0) is 35.9 Å². The molecule has 3 heterocycles. The van der Waals surface area contributed by atoms with Gasteiger partial charge in [0, 0.05) is 24.0 Å². The summed E-state index contributed by atoms with van der Waals surface area (Å²) in [5, 5.41) is 12.5. The lowest BCUT2D eigenvalue weighted by Crippen LogP contribution is -3.13. The van der Waals surface area contributed by atoms with Crippen molar-refractivity contribution in [3.8, 4) is 11.5 Å². The lowest BCUT2D eigenvalue weighted by molar-refractivity contribution is -0.917. The Morgan fingerprint density at radius 2 is 1.96 bits per heavy atom. The van der Waals surface area contributed by atoms with Crippen LogP contribution in [-0.2, 0) is 17.8 Å². The molecule has 3 aromatic rings. The molecule has 0 saturated carbocycles. The van der Waals surface area contributed by atoms with Crippen molar-refractivity contribution >= 4 is 17.2 Å². The molecule has 2 aromatic heterocycles. The van der Waals surface area contributed by atoms with E-state index in [1.807, 2.05) is 36.1 Å². The Balaban J connectivity index is 1.24. The molecule has 0 unspecified atom stereocenters. The minimum atomic E-state index is 0.171. The third-order valence-corrected chi connectivity index (χ3v) is 5.91. The summed E-state index contributed by atoms with van der Waals surface area (Å²) in [6.45, 7) is 6.72. The SMILES string of the molecule is Cc1ccc(-c2nnc(CCC(=O)N3CC[NH+](Cc4ccsc4)CC3)o2)cc1. The Labute approximate surface area is 168 Å². The maximum Gasteiger partial charge on any atom is 0.247 e. The highest BCUT2D eigenvalue weighted by molar-refractivity contribution is 7.07. The van der Waals surface area contributed by atoms with Gasteiger partial charge in [0.25, 0.3) is 0 Å². The molecule has 1 aliphatic rings. The lowest BCUT2D eigenvalue weighted by atomic mass is 10.1. The molecule has 0 radical (unpaired) electrons. The fourth-order valence-electron chi connectivity index (χ4n) is 3.47. The fourth-order valence-corrected chi connectivity index (χ4v) is 4.14. The van der Waals surface area contributed by atoms with Gasteiger partial charge >= 0.3 is 0 Å². The molecule has 1 amide bonds. The smallest absolute Gasteiger partial charge is 0.247 e. The molecule has 7 heteroatoms. The van der Waals surface area contributed by atoms with Crippen LogP contribution in [0.5, 0.6) is 0 Å². The minimum absolute atomic E-state index is 0.171. The molecule has 0 bridgehead atoms. The van der Waals surface area contributed by atoms with Crippen LogP contribution in [-0.4, -0.2) is 47.2 Å². The summed E-state index contributed by atoms with van der Waals surface area (Å²) in [6, 6.07) is 10.2. The molecular weight excluding hydrogens is 372 g/mol. The number of quaternary nitrogens is 1. The molecule has 146 valence electrons. The third-order valence-electron chi connectivity index (χ3n) is 5.18. The zero-order valence-corrected chi connectivity index (χ0v) is 16.9. The molecule has 1 aromatic carbocycles. The molecule has 1 fully saturated rings. The molecular formula is C21H25N4O2S+. The van der Waals surface area contributed by atoms with E-state index in [4.69, 9.17) is 4.42 Å². The van der Waals surface area contributed by atoms with Crippen LogP contribution < -0.4 is 4.90 Å². The number of aromatic nitrogens is 2. The van der Waals surface area contributed by atoms with Crippen molar-refractivity contribution in [1.82, 2.24) is 15.1 Å². The zero-order valence-electron chi connectivity index (χ0n) is 16.1. The van der Waals surface area contributed by atoms with Crippen LogP contribution in [0, 0.1) is 6.92 Å². The van der Waals surface area contributed by atoms with Crippen molar-refractivity contribution < 1.29 is 14.1 Å². The predicted molar refractivity (Wildman–Crippen MR) is 108 cm³/mol. The van der Waals surface area contributed by atoms with E-state index in [9.17, 15) is 4.79 Å². The summed E-state index contributed by atoms with van der Waals surface area (Å²) in [5.41, 5.74) is 3.48. The number of amides is 1. The van der Waals surface area contributed by atoms with Crippen molar-refractivity contribution in [3.05, 3.63) is 58.1 Å². The second-order valence-corrected chi connectivity index (χ2v) is 8.09. The largest absolute Gasteiger partial charge is 0.421 e. The molecule has 4 rings (SSSR count). The van der Waals surface area contributed by atoms with E-state index in [-0.39, 0.29) is 5.91 Å². The van der Waals surface area contributed by atoms with Crippen LogP contribution in [0.25, 0.3) is 11.5 Å². The second kappa shape index (κ2) is 8.67. The first-order valence-electron chi connectivity index (χ1n) is 9.69. The summed E-state index contributed by atoms with van der Waals surface area (Å²) in [4.78, 5) is 16.0. The van der Waals surface area contributed by atoms with E-state index >= 15 is 0 Å². The Kier molecular flexibility index (Phi) is 5.83. The predicted octanol–water partition coefficient (Wildman–Crippen LogP) is 1.97. The molecule has 0 aliphatic carbocycles. The second-order valence-electron chi connectivity index (χ2n) is 7.31. The van der Waals surface area contributed by atoms with Gasteiger partial charge in [0.1, 0.15) is 6.54 Å². The first-order valence-corrected chi connectivity index (χ1v) is 10.6. The number of benzene rings is 1. The van der Waals surface area contributed by atoms with Gasteiger partial charge in [-0.25, -0.2) is 0 Å². The van der Waals surface area contributed by atoms with Crippen molar-refractivity contribution in [3.63, 3.8) is 0 Å². The number of carbonyl (C=O) groups excluding carboxylic acids is 1. The van der Waals surface area contributed by atoms with Gasteiger partial charge < -0.3 is 14.2 Å². The highest BCUT2D eigenvalue weighted by atomic mass is 32.1.